The molecule has 3 N–H and O–H groups in total. The van der Waals surface area contributed by atoms with Gasteiger partial charge in [0.2, 0.25) is 5.91 Å². The lowest BCUT2D eigenvalue weighted by molar-refractivity contribution is -0.116. The summed E-state index contributed by atoms with van der Waals surface area (Å²) in [4.78, 5) is 16.3. The smallest absolute Gasteiger partial charge is 0.225 e. The van der Waals surface area contributed by atoms with Gasteiger partial charge in [0.1, 0.15) is 0 Å². The van der Waals surface area contributed by atoms with Crippen LogP contribution in [-0.4, -0.2) is 32.0 Å². The third-order valence-electron chi connectivity index (χ3n) is 5.15. The molecule has 1 aliphatic heterocycles. The fraction of sp³-hybridized carbons (Fsp3) is 0.364. The number of anilines is 1. The number of nitrogens with zero attached hydrogens (tertiary/aromatic N) is 1. The molecule has 0 radical (unpaired) electrons. The van der Waals surface area contributed by atoms with Crippen LogP contribution in [0.3, 0.4) is 0 Å². The first kappa shape index (κ1) is 23.5. The van der Waals surface area contributed by atoms with Crippen LogP contribution in [-0.2, 0) is 10.2 Å². The zero-order chi connectivity index (χ0) is 20.1. The van der Waals surface area contributed by atoms with Gasteiger partial charge >= 0.3 is 0 Å². The number of aliphatic imine (C=N–C) groups is 1. The van der Waals surface area contributed by atoms with E-state index in [1.54, 1.807) is 7.05 Å². The van der Waals surface area contributed by atoms with Crippen LogP contribution in [0.4, 0.5) is 5.69 Å². The van der Waals surface area contributed by atoms with Crippen molar-refractivity contribution >= 4 is 53.1 Å². The maximum Gasteiger partial charge on any atom is 0.225 e. The Bertz CT molecular complexity index is 885. The average Bonchev–Trinajstić information content (AvgIpc) is 2.67. The minimum absolute atomic E-state index is 0. The lowest BCUT2D eigenvalue weighted by Crippen LogP contribution is -2.45. The number of hydrogen-bond donors (Lipinski definition) is 3. The Kier molecular flexibility index (Phi) is 8.34. The summed E-state index contributed by atoms with van der Waals surface area (Å²) in [5.74, 6) is 0.888. The zero-order valence-corrected chi connectivity index (χ0v) is 20.0. The van der Waals surface area contributed by atoms with Gasteiger partial charge in [0.15, 0.2) is 5.96 Å². The monoisotopic (exact) mass is 526 g/mol. The molecule has 156 valence electrons. The predicted octanol–water partition coefficient (Wildman–Crippen LogP) is 4.53. The molecule has 2 aromatic rings. The molecular weight excluding hydrogens is 499 g/mol. The second-order valence-corrected chi connectivity index (χ2v) is 8.17. The molecule has 29 heavy (non-hydrogen) atoms. The van der Waals surface area contributed by atoms with E-state index in [-0.39, 0.29) is 41.2 Å². The van der Waals surface area contributed by atoms with E-state index in [0.29, 0.717) is 19.5 Å². The summed E-state index contributed by atoms with van der Waals surface area (Å²) in [7, 11) is 1.75. The number of nitrogens with one attached hydrogen (secondary N) is 3. The van der Waals surface area contributed by atoms with Gasteiger partial charge in [0.25, 0.3) is 0 Å². The minimum Gasteiger partial charge on any atom is -0.356 e. The lowest BCUT2D eigenvalue weighted by atomic mass is 9.84. The van der Waals surface area contributed by atoms with Crippen LogP contribution in [0.15, 0.2) is 53.5 Å². The van der Waals surface area contributed by atoms with Crippen LogP contribution in [0.2, 0.25) is 5.02 Å². The van der Waals surface area contributed by atoms with Crippen molar-refractivity contribution in [1.29, 1.82) is 0 Å². The van der Waals surface area contributed by atoms with Crippen LogP contribution in [0, 0.1) is 0 Å². The summed E-state index contributed by atoms with van der Waals surface area (Å²) in [6.45, 7) is 5.68. The van der Waals surface area contributed by atoms with E-state index in [9.17, 15) is 4.79 Å². The molecule has 2 aromatic carbocycles. The van der Waals surface area contributed by atoms with E-state index in [1.807, 2.05) is 36.4 Å². The molecule has 1 heterocycles. The molecule has 7 heteroatoms. The number of hydrogen-bond acceptors (Lipinski definition) is 2. The standard InChI is InChI=1S/C22H27ClN4O.HI/c1-22(2,16-7-6-8-17(23)12-16)14-26-21(24-3)25-13-15-11-20(28)27-19-10-5-4-9-18(15)19;/h4-10,12,15H,11,13-14H2,1-3H3,(H,27,28)(H2,24,25,26);1H. The fourth-order valence-electron chi connectivity index (χ4n) is 3.44. The summed E-state index contributed by atoms with van der Waals surface area (Å²) in [6.07, 6.45) is 0.467. The zero-order valence-electron chi connectivity index (χ0n) is 17.0. The number of para-hydroxylation sites is 1. The summed E-state index contributed by atoms with van der Waals surface area (Å²) in [5.41, 5.74) is 3.11. The van der Waals surface area contributed by atoms with Gasteiger partial charge in [-0.1, -0.05) is 55.8 Å². The molecule has 0 saturated heterocycles. The number of carbonyl (C=O) groups excluding carboxylic acids is 1. The van der Waals surface area contributed by atoms with Crippen LogP contribution in [0.5, 0.6) is 0 Å². The first-order chi connectivity index (χ1) is 13.4. The highest BCUT2D eigenvalue weighted by atomic mass is 127. The van der Waals surface area contributed by atoms with Crippen molar-refractivity contribution in [2.75, 3.05) is 25.5 Å². The third-order valence-corrected chi connectivity index (χ3v) is 5.38. The Balaban J connectivity index is 0.00000300. The summed E-state index contributed by atoms with van der Waals surface area (Å²) in [5, 5.41) is 10.4. The van der Waals surface area contributed by atoms with Crippen LogP contribution in [0.1, 0.15) is 37.3 Å². The van der Waals surface area contributed by atoms with Gasteiger partial charge in [-0.05, 0) is 29.3 Å². The summed E-state index contributed by atoms with van der Waals surface area (Å²) < 4.78 is 0. The third kappa shape index (κ3) is 6.09. The number of carbonyl (C=O) groups is 1. The van der Waals surface area contributed by atoms with Crippen molar-refractivity contribution in [3.63, 3.8) is 0 Å². The number of fused-ring (bicyclic) bond motifs is 1. The molecule has 0 spiro atoms. The molecule has 3 rings (SSSR count). The Labute approximate surface area is 194 Å². The maximum atomic E-state index is 12.0. The quantitative estimate of drug-likeness (QED) is 0.305. The van der Waals surface area contributed by atoms with Crippen molar-refractivity contribution in [2.45, 2.75) is 31.6 Å². The molecule has 0 aliphatic carbocycles. The Morgan fingerprint density at radius 1 is 1.21 bits per heavy atom. The molecule has 0 fully saturated rings. The number of halogens is 2. The normalized spacial score (nSPS) is 16.3. The minimum atomic E-state index is -0.111. The number of rotatable bonds is 5. The number of guanidine groups is 1. The Hall–Kier alpha value is -1.80. The Morgan fingerprint density at radius 2 is 1.97 bits per heavy atom. The average molecular weight is 527 g/mol. The number of amides is 1. The molecule has 1 atom stereocenters. The van der Waals surface area contributed by atoms with Crippen molar-refractivity contribution in [3.8, 4) is 0 Å². The van der Waals surface area contributed by atoms with Gasteiger partial charge in [0, 0.05) is 48.6 Å². The molecule has 0 aromatic heterocycles. The molecule has 5 nitrogen and oxygen atoms in total. The largest absolute Gasteiger partial charge is 0.356 e. The second kappa shape index (κ2) is 10.3. The number of benzene rings is 2. The van der Waals surface area contributed by atoms with Crippen LogP contribution in [0.25, 0.3) is 0 Å². The maximum absolute atomic E-state index is 12.0. The highest BCUT2D eigenvalue weighted by molar-refractivity contribution is 14.0. The molecule has 0 bridgehead atoms. The predicted molar refractivity (Wildman–Crippen MR) is 132 cm³/mol. The second-order valence-electron chi connectivity index (χ2n) is 7.74. The first-order valence-corrected chi connectivity index (χ1v) is 9.86. The van der Waals surface area contributed by atoms with Gasteiger partial charge < -0.3 is 16.0 Å². The lowest BCUT2D eigenvalue weighted by Gasteiger charge is -2.29. The van der Waals surface area contributed by atoms with E-state index in [0.717, 1.165) is 22.2 Å². The van der Waals surface area contributed by atoms with Crippen LogP contribution >= 0.6 is 35.6 Å². The summed E-state index contributed by atoms with van der Waals surface area (Å²) >= 11 is 6.14. The molecule has 1 unspecified atom stereocenters. The van der Waals surface area contributed by atoms with E-state index < -0.39 is 0 Å². The van der Waals surface area contributed by atoms with E-state index in [2.05, 4.69) is 46.9 Å². The van der Waals surface area contributed by atoms with Gasteiger partial charge in [-0.3, -0.25) is 9.79 Å². The fourth-order valence-corrected chi connectivity index (χ4v) is 3.63. The van der Waals surface area contributed by atoms with Crippen LogP contribution < -0.4 is 16.0 Å². The van der Waals surface area contributed by atoms with E-state index in [4.69, 9.17) is 11.6 Å². The Morgan fingerprint density at radius 3 is 2.69 bits per heavy atom. The SMILES string of the molecule is CN=C(NCC1CC(=O)Nc2ccccc21)NCC(C)(C)c1cccc(Cl)c1.I. The van der Waals surface area contributed by atoms with Gasteiger partial charge in [-0.15, -0.1) is 24.0 Å². The van der Waals surface area contributed by atoms with Crippen molar-refractivity contribution in [1.82, 2.24) is 10.6 Å². The highest BCUT2D eigenvalue weighted by Gasteiger charge is 2.25. The van der Waals surface area contributed by atoms with Crippen molar-refractivity contribution in [3.05, 3.63) is 64.7 Å². The summed E-state index contributed by atoms with van der Waals surface area (Å²) in [6, 6.07) is 15.9. The molecular formula is C22H28ClIN4O. The van der Waals surface area contributed by atoms with Gasteiger partial charge in [-0.25, -0.2) is 0 Å². The highest BCUT2D eigenvalue weighted by Crippen LogP contribution is 2.31. The van der Waals surface area contributed by atoms with Gasteiger partial charge in [0.05, 0.1) is 0 Å². The topological polar surface area (TPSA) is 65.5 Å². The molecule has 0 saturated carbocycles. The van der Waals surface area contributed by atoms with E-state index in [1.165, 1.54) is 5.56 Å². The molecule has 1 amide bonds. The van der Waals surface area contributed by atoms with Gasteiger partial charge in [-0.2, -0.15) is 0 Å². The van der Waals surface area contributed by atoms with E-state index >= 15 is 0 Å². The first-order valence-electron chi connectivity index (χ1n) is 9.48. The van der Waals surface area contributed by atoms with Crippen molar-refractivity contribution in [2.24, 2.45) is 4.99 Å². The molecule has 1 aliphatic rings. The van der Waals surface area contributed by atoms with Crippen molar-refractivity contribution < 1.29 is 4.79 Å².